The van der Waals surface area contributed by atoms with Crippen molar-refractivity contribution < 1.29 is 28.5 Å². The van der Waals surface area contributed by atoms with Gasteiger partial charge in [0, 0.05) is 5.56 Å². The molecule has 0 spiro atoms. The van der Waals surface area contributed by atoms with E-state index in [2.05, 4.69) is 20.9 Å². The maximum Gasteiger partial charge on any atom is 0.363 e. The molecule has 2 aromatic carbocycles. The first kappa shape index (κ1) is 22.6. The van der Waals surface area contributed by atoms with Gasteiger partial charge in [-0.3, -0.25) is 0 Å². The molecule has 0 aliphatic carbocycles. The highest BCUT2D eigenvalue weighted by Gasteiger charge is 2.25. The Balaban J connectivity index is 1.90. The van der Waals surface area contributed by atoms with Gasteiger partial charge in [-0.15, -0.1) is 0 Å². The third-order valence-electron chi connectivity index (χ3n) is 4.27. The molecule has 31 heavy (non-hydrogen) atoms. The Hall–Kier alpha value is -3.13. The van der Waals surface area contributed by atoms with Gasteiger partial charge in [0.15, 0.2) is 23.8 Å². The summed E-state index contributed by atoms with van der Waals surface area (Å²) >= 11 is 3.44. The number of esters is 2. The molecule has 0 unspecified atom stereocenters. The molecule has 162 valence electrons. The van der Waals surface area contributed by atoms with Gasteiger partial charge in [-0.1, -0.05) is 18.2 Å². The number of cyclic esters (lactones) is 1. The number of aryl methyl sites for hydroxylation is 1. The minimum atomic E-state index is -0.532. The predicted molar refractivity (Wildman–Crippen MR) is 119 cm³/mol. The molecule has 0 amide bonds. The first-order chi connectivity index (χ1) is 14.9. The van der Waals surface area contributed by atoms with E-state index in [1.807, 2.05) is 38.1 Å². The minimum absolute atomic E-state index is 0.174. The third-order valence-corrected chi connectivity index (χ3v) is 4.86. The first-order valence-corrected chi connectivity index (χ1v) is 10.6. The van der Waals surface area contributed by atoms with Crippen molar-refractivity contribution in [3.05, 3.63) is 63.3 Å². The first-order valence-electron chi connectivity index (χ1n) is 9.76. The standard InChI is InChI=1S/C23H22BrNO6/c1-4-28-19-12-15(10-17(24)21(19)30-13-20(26)29-5-2)11-18-23(27)31-22(25-18)16-9-7-6-8-14(16)3/h6-12H,4-5,13H2,1-3H3/b18-11-. The molecule has 7 nitrogen and oxygen atoms in total. The molecule has 1 aliphatic rings. The molecule has 0 bridgehead atoms. The fourth-order valence-electron chi connectivity index (χ4n) is 2.90. The molecule has 0 fully saturated rings. The van der Waals surface area contributed by atoms with Crippen molar-refractivity contribution in [1.82, 2.24) is 0 Å². The van der Waals surface area contributed by atoms with Crippen molar-refractivity contribution in [2.45, 2.75) is 20.8 Å². The van der Waals surface area contributed by atoms with Crippen LogP contribution in [0, 0.1) is 6.92 Å². The highest BCUT2D eigenvalue weighted by Crippen LogP contribution is 2.38. The Morgan fingerprint density at radius 3 is 2.65 bits per heavy atom. The largest absolute Gasteiger partial charge is 0.490 e. The average molecular weight is 488 g/mol. The smallest absolute Gasteiger partial charge is 0.363 e. The second-order valence-corrected chi connectivity index (χ2v) is 7.36. The number of benzene rings is 2. The molecule has 1 aliphatic heterocycles. The van der Waals surface area contributed by atoms with E-state index < -0.39 is 11.9 Å². The van der Waals surface area contributed by atoms with Crippen LogP contribution in [0.4, 0.5) is 0 Å². The van der Waals surface area contributed by atoms with Gasteiger partial charge in [-0.2, -0.15) is 0 Å². The summed E-state index contributed by atoms with van der Waals surface area (Å²) in [5.41, 5.74) is 2.55. The van der Waals surface area contributed by atoms with E-state index in [4.69, 9.17) is 18.9 Å². The monoisotopic (exact) mass is 487 g/mol. The van der Waals surface area contributed by atoms with Crippen LogP contribution in [0.3, 0.4) is 0 Å². The van der Waals surface area contributed by atoms with Crippen LogP contribution in [0.15, 0.2) is 51.6 Å². The van der Waals surface area contributed by atoms with Crippen molar-refractivity contribution in [3.63, 3.8) is 0 Å². The molecule has 8 heteroatoms. The number of hydrogen-bond donors (Lipinski definition) is 0. The van der Waals surface area contributed by atoms with Gasteiger partial charge >= 0.3 is 11.9 Å². The summed E-state index contributed by atoms with van der Waals surface area (Å²) in [5, 5.41) is 0. The molecule has 3 rings (SSSR count). The van der Waals surface area contributed by atoms with Crippen LogP contribution in [-0.2, 0) is 19.1 Å². The van der Waals surface area contributed by atoms with E-state index in [0.29, 0.717) is 28.1 Å². The topological polar surface area (TPSA) is 83.4 Å². The van der Waals surface area contributed by atoms with Crippen LogP contribution in [0.5, 0.6) is 11.5 Å². The van der Waals surface area contributed by atoms with Crippen molar-refractivity contribution in [2.24, 2.45) is 4.99 Å². The van der Waals surface area contributed by atoms with Crippen LogP contribution in [0.25, 0.3) is 6.08 Å². The quantitative estimate of drug-likeness (QED) is 0.404. The highest BCUT2D eigenvalue weighted by molar-refractivity contribution is 9.10. The summed E-state index contributed by atoms with van der Waals surface area (Å²) in [6.07, 6.45) is 1.61. The molecule has 0 radical (unpaired) electrons. The van der Waals surface area contributed by atoms with Crippen molar-refractivity contribution in [2.75, 3.05) is 19.8 Å². The Kier molecular flexibility index (Phi) is 7.46. The molecular weight excluding hydrogens is 466 g/mol. The summed E-state index contributed by atoms with van der Waals surface area (Å²) in [6.45, 7) is 5.90. The Bertz CT molecular complexity index is 1060. The van der Waals surface area contributed by atoms with Crippen LogP contribution >= 0.6 is 15.9 Å². The molecule has 0 saturated heterocycles. The summed E-state index contributed by atoms with van der Waals surface area (Å²) in [6, 6.07) is 11.0. The summed E-state index contributed by atoms with van der Waals surface area (Å²) < 4.78 is 22.0. The van der Waals surface area contributed by atoms with E-state index in [0.717, 1.165) is 11.1 Å². The number of halogens is 1. The Morgan fingerprint density at radius 1 is 1.16 bits per heavy atom. The lowest BCUT2D eigenvalue weighted by atomic mass is 10.1. The van der Waals surface area contributed by atoms with Crippen LogP contribution in [-0.4, -0.2) is 37.7 Å². The summed E-state index contributed by atoms with van der Waals surface area (Å²) in [5.74, 6) is 0.0512. The molecular formula is C23H22BrNO6. The van der Waals surface area contributed by atoms with Crippen LogP contribution in [0.2, 0.25) is 0 Å². The van der Waals surface area contributed by atoms with Gasteiger partial charge in [-0.25, -0.2) is 14.6 Å². The Labute approximate surface area is 188 Å². The molecule has 0 aromatic heterocycles. The van der Waals surface area contributed by atoms with E-state index in [1.54, 1.807) is 25.1 Å². The lowest BCUT2D eigenvalue weighted by Crippen LogP contribution is -2.15. The van der Waals surface area contributed by atoms with Crippen molar-refractivity contribution in [1.29, 1.82) is 0 Å². The number of nitrogens with zero attached hydrogens (tertiary/aromatic N) is 1. The van der Waals surface area contributed by atoms with E-state index in [1.165, 1.54) is 0 Å². The molecule has 1 heterocycles. The normalized spacial score (nSPS) is 14.3. The molecule has 0 N–H and O–H groups in total. The van der Waals surface area contributed by atoms with Gasteiger partial charge < -0.3 is 18.9 Å². The van der Waals surface area contributed by atoms with Crippen LogP contribution in [0.1, 0.15) is 30.5 Å². The number of hydrogen-bond acceptors (Lipinski definition) is 7. The predicted octanol–water partition coefficient (Wildman–Crippen LogP) is 4.44. The number of carbonyl (C=O) groups excluding carboxylic acids is 2. The number of aliphatic imine (C=N–C) groups is 1. The number of ether oxygens (including phenoxy) is 4. The van der Waals surface area contributed by atoms with Gasteiger partial charge in [0.1, 0.15) is 0 Å². The lowest BCUT2D eigenvalue weighted by Gasteiger charge is -2.14. The van der Waals surface area contributed by atoms with E-state index in [-0.39, 0.29) is 24.8 Å². The zero-order valence-electron chi connectivity index (χ0n) is 17.4. The van der Waals surface area contributed by atoms with E-state index >= 15 is 0 Å². The zero-order valence-corrected chi connectivity index (χ0v) is 19.0. The van der Waals surface area contributed by atoms with Gasteiger partial charge in [0.05, 0.1) is 17.7 Å². The maximum absolute atomic E-state index is 12.4. The summed E-state index contributed by atoms with van der Waals surface area (Å²) in [7, 11) is 0. The maximum atomic E-state index is 12.4. The SMILES string of the molecule is CCOC(=O)COc1c(Br)cc(/C=C2\N=C(c3ccccc3C)OC2=O)cc1OCC. The molecule has 0 atom stereocenters. The number of carbonyl (C=O) groups is 2. The van der Waals surface area contributed by atoms with Gasteiger partial charge in [-0.05, 0) is 72.1 Å². The second kappa shape index (κ2) is 10.3. The molecule has 2 aromatic rings. The van der Waals surface area contributed by atoms with Crippen molar-refractivity contribution >= 4 is 39.8 Å². The third kappa shape index (κ3) is 5.52. The minimum Gasteiger partial charge on any atom is -0.490 e. The fraction of sp³-hybridized carbons (Fsp3) is 0.261. The highest BCUT2D eigenvalue weighted by atomic mass is 79.9. The van der Waals surface area contributed by atoms with Crippen molar-refractivity contribution in [3.8, 4) is 11.5 Å². The van der Waals surface area contributed by atoms with Gasteiger partial charge in [0.25, 0.3) is 0 Å². The Morgan fingerprint density at radius 2 is 1.94 bits per heavy atom. The second-order valence-electron chi connectivity index (χ2n) is 6.51. The van der Waals surface area contributed by atoms with Gasteiger partial charge in [0.2, 0.25) is 5.90 Å². The zero-order chi connectivity index (χ0) is 22.4. The number of rotatable bonds is 8. The lowest BCUT2D eigenvalue weighted by molar-refractivity contribution is -0.145. The summed E-state index contributed by atoms with van der Waals surface area (Å²) in [4.78, 5) is 28.3. The average Bonchev–Trinajstić information content (AvgIpc) is 3.08. The van der Waals surface area contributed by atoms with Crippen LogP contribution < -0.4 is 9.47 Å². The van der Waals surface area contributed by atoms with E-state index in [9.17, 15) is 9.59 Å². The fourth-order valence-corrected chi connectivity index (χ4v) is 3.48. The molecule has 0 saturated carbocycles.